The Morgan fingerprint density at radius 3 is 2.26 bits per heavy atom. The van der Waals surface area contributed by atoms with Crippen molar-refractivity contribution in [3.05, 3.63) is 0 Å². The van der Waals surface area contributed by atoms with Crippen molar-refractivity contribution >= 4 is 11.8 Å². The predicted molar refractivity (Wildman–Crippen MR) is 90.9 cm³/mol. The third kappa shape index (κ3) is 4.07. The first kappa shape index (κ1) is 16.8. The minimum absolute atomic E-state index is 0.183. The first-order valence-corrected chi connectivity index (χ1v) is 9.72. The Kier molecular flexibility index (Phi) is 5.60. The quantitative estimate of drug-likeness (QED) is 0.801. The fourth-order valence-electron chi connectivity index (χ4n) is 4.71. The lowest BCUT2D eigenvalue weighted by Gasteiger charge is -2.44. The lowest BCUT2D eigenvalue weighted by molar-refractivity contribution is -0.141. The second-order valence-corrected chi connectivity index (χ2v) is 7.90. The van der Waals surface area contributed by atoms with Gasteiger partial charge in [0.1, 0.15) is 0 Å². The number of amides is 2. The summed E-state index contributed by atoms with van der Waals surface area (Å²) in [5.41, 5.74) is 0. The molecular weight excluding hydrogens is 288 g/mol. The Balaban J connectivity index is 1.47. The molecule has 2 unspecified atom stereocenters. The number of likely N-dealkylation sites (tertiary alicyclic amines) is 2. The van der Waals surface area contributed by atoms with E-state index in [9.17, 15) is 9.59 Å². The molecule has 0 bridgehead atoms. The lowest BCUT2D eigenvalue weighted by atomic mass is 9.78. The second kappa shape index (κ2) is 7.67. The monoisotopic (exact) mass is 320 g/mol. The number of hydrogen-bond donors (Lipinski definition) is 0. The van der Waals surface area contributed by atoms with Gasteiger partial charge in [-0.25, -0.2) is 0 Å². The largest absolute Gasteiger partial charge is 0.343 e. The highest BCUT2D eigenvalue weighted by molar-refractivity contribution is 5.84. The maximum atomic E-state index is 12.6. The maximum Gasteiger partial charge on any atom is 0.223 e. The van der Waals surface area contributed by atoms with Crippen molar-refractivity contribution in [2.45, 2.75) is 77.2 Å². The van der Waals surface area contributed by atoms with Gasteiger partial charge in [-0.2, -0.15) is 0 Å². The molecule has 1 aliphatic carbocycles. The minimum Gasteiger partial charge on any atom is -0.343 e. The van der Waals surface area contributed by atoms with Gasteiger partial charge in [-0.05, 0) is 50.4 Å². The Bertz CT molecular complexity index is 427. The molecule has 0 aromatic carbocycles. The van der Waals surface area contributed by atoms with Crippen molar-refractivity contribution in [1.82, 2.24) is 9.80 Å². The molecule has 0 N–H and O–H groups in total. The summed E-state index contributed by atoms with van der Waals surface area (Å²) in [5.74, 6) is 1.86. The number of fused-ring (bicyclic) bond motifs is 1. The van der Waals surface area contributed by atoms with Crippen LogP contribution in [0.15, 0.2) is 0 Å². The van der Waals surface area contributed by atoms with Gasteiger partial charge in [0, 0.05) is 38.5 Å². The Hall–Kier alpha value is -1.06. The van der Waals surface area contributed by atoms with Crippen molar-refractivity contribution in [2.75, 3.05) is 19.6 Å². The average Bonchev–Trinajstić information content (AvgIpc) is 2.59. The van der Waals surface area contributed by atoms with Crippen LogP contribution in [0.2, 0.25) is 0 Å². The van der Waals surface area contributed by atoms with Gasteiger partial charge in [0.15, 0.2) is 0 Å². The van der Waals surface area contributed by atoms with E-state index in [-0.39, 0.29) is 11.8 Å². The van der Waals surface area contributed by atoms with Gasteiger partial charge in [-0.1, -0.05) is 19.8 Å². The summed E-state index contributed by atoms with van der Waals surface area (Å²) in [5, 5.41) is 0. The zero-order valence-electron chi connectivity index (χ0n) is 14.6. The number of rotatable bonds is 3. The van der Waals surface area contributed by atoms with Crippen molar-refractivity contribution in [1.29, 1.82) is 0 Å². The molecule has 0 aromatic rings. The number of carbonyl (C=O) groups is 2. The summed E-state index contributed by atoms with van der Waals surface area (Å²) in [4.78, 5) is 29.1. The zero-order valence-corrected chi connectivity index (χ0v) is 14.6. The van der Waals surface area contributed by atoms with Gasteiger partial charge >= 0.3 is 0 Å². The van der Waals surface area contributed by atoms with Crippen molar-refractivity contribution in [3.63, 3.8) is 0 Å². The Morgan fingerprint density at radius 1 is 0.826 bits per heavy atom. The Morgan fingerprint density at radius 2 is 1.48 bits per heavy atom. The highest BCUT2D eigenvalue weighted by atomic mass is 16.2. The van der Waals surface area contributed by atoms with Crippen LogP contribution in [-0.2, 0) is 9.59 Å². The number of carbonyl (C=O) groups excluding carboxylic acids is 2. The van der Waals surface area contributed by atoms with Crippen LogP contribution in [0, 0.1) is 11.8 Å². The van der Waals surface area contributed by atoms with Crippen molar-refractivity contribution in [3.8, 4) is 0 Å². The van der Waals surface area contributed by atoms with Gasteiger partial charge in [0.2, 0.25) is 11.8 Å². The van der Waals surface area contributed by atoms with Gasteiger partial charge in [-0.15, -0.1) is 0 Å². The molecule has 2 atom stereocenters. The van der Waals surface area contributed by atoms with E-state index >= 15 is 0 Å². The molecule has 3 fully saturated rings. The summed E-state index contributed by atoms with van der Waals surface area (Å²) in [6.45, 7) is 4.92. The van der Waals surface area contributed by atoms with Crippen LogP contribution in [-0.4, -0.2) is 47.3 Å². The van der Waals surface area contributed by atoms with Gasteiger partial charge in [-0.3, -0.25) is 9.59 Å². The molecule has 0 aromatic heterocycles. The topological polar surface area (TPSA) is 40.6 Å². The van der Waals surface area contributed by atoms with E-state index in [1.54, 1.807) is 0 Å². The van der Waals surface area contributed by atoms with E-state index in [0.717, 1.165) is 50.7 Å². The molecule has 0 spiro atoms. The van der Waals surface area contributed by atoms with Crippen molar-refractivity contribution in [2.24, 2.45) is 11.8 Å². The molecule has 4 nitrogen and oxygen atoms in total. The van der Waals surface area contributed by atoms with Gasteiger partial charge < -0.3 is 9.80 Å². The summed E-state index contributed by atoms with van der Waals surface area (Å²) >= 11 is 0. The summed E-state index contributed by atoms with van der Waals surface area (Å²) in [6.07, 6.45) is 10.5. The molecule has 130 valence electrons. The molecule has 2 saturated heterocycles. The molecule has 3 aliphatic rings. The van der Waals surface area contributed by atoms with Crippen molar-refractivity contribution < 1.29 is 9.59 Å². The zero-order chi connectivity index (χ0) is 16.2. The normalized spacial score (nSPS) is 29.3. The summed E-state index contributed by atoms with van der Waals surface area (Å²) in [6, 6.07) is 0.468. The maximum absolute atomic E-state index is 12.6. The van der Waals surface area contributed by atoms with Crippen LogP contribution in [0.5, 0.6) is 0 Å². The fraction of sp³-hybridized carbons (Fsp3) is 0.895. The fourth-order valence-corrected chi connectivity index (χ4v) is 4.71. The number of piperidine rings is 2. The predicted octanol–water partition coefficient (Wildman–Crippen LogP) is 3.21. The molecular formula is C19H32N2O2. The summed E-state index contributed by atoms with van der Waals surface area (Å²) in [7, 11) is 0. The number of nitrogens with zero attached hydrogens (tertiary/aromatic N) is 2. The Labute approximate surface area is 140 Å². The SMILES string of the molecule is CC1CCN(C(=O)CCC(=O)N2CCCC3CCCCC32)CC1. The van der Waals surface area contributed by atoms with Crippen LogP contribution in [0.4, 0.5) is 0 Å². The van der Waals surface area contributed by atoms with Crippen LogP contribution in [0.25, 0.3) is 0 Å². The van der Waals surface area contributed by atoms with Crippen LogP contribution in [0.3, 0.4) is 0 Å². The molecule has 2 amide bonds. The van der Waals surface area contributed by atoms with Gasteiger partial charge in [0.05, 0.1) is 0 Å². The van der Waals surface area contributed by atoms with E-state index < -0.39 is 0 Å². The minimum atomic E-state index is 0.183. The third-order valence-electron chi connectivity index (χ3n) is 6.25. The first-order valence-electron chi connectivity index (χ1n) is 9.72. The van der Waals surface area contributed by atoms with Crippen LogP contribution in [0.1, 0.15) is 71.1 Å². The summed E-state index contributed by atoms with van der Waals surface area (Å²) < 4.78 is 0. The standard InChI is InChI=1S/C19H32N2O2/c1-15-10-13-20(14-11-15)18(22)8-9-19(23)21-12-4-6-16-5-2-3-7-17(16)21/h15-17H,2-14H2,1H3. The molecule has 1 saturated carbocycles. The molecule has 23 heavy (non-hydrogen) atoms. The van der Waals surface area contributed by atoms with Crippen LogP contribution >= 0.6 is 0 Å². The van der Waals surface area contributed by atoms with Gasteiger partial charge in [0.25, 0.3) is 0 Å². The second-order valence-electron chi connectivity index (χ2n) is 7.90. The smallest absolute Gasteiger partial charge is 0.223 e. The molecule has 0 radical (unpaired) electrons. The van der Waals surface area contributed by atoms with Crippen LogP contribution < -0.4 is 0 Å². The molecule has 3 rings (SSSR count). The third-order valence-corrected chi connectivity index (χ3v) is 6.25. The molecule has 2 aliphatic heterocycles. The highest BCUT2D eigenvalue weighted by Crippen LogP contribution is 2.35. The van der Waals surface area contributed by atoms with E-state index in [0.29, 0.717) is 18.9 Å². The first-order chi connectivity index (χ1) is 11.1. The molecule has 4 heteroatoms. The van der Waals surface area contributed by atoms with E-state index in [2.05, 4.69) is 11.8 Å². The van der Waals surface area contributed by atoms with E-state index in [1.807, 2.05) is 4.90 Å². The average molecular weight is 320 g/mol. The number of hydrogen-bond acceptors (Lipinski definition) is 2. The highest BCUT2D eigenvalue weighted by Gasteiger charge is 2.35. The van der Waals surface area contributed by atoms with E-state index in [4.69, 9.17) is 0 Å². The molecule has 2 heterocycles. The lowest BCUT2D eigenvalue weighted by Crippen LogP contribution is -2.49. The van der Waals surface area contributed by atoms with E-state index in [1.165, 1.54) is 32.1 Å².